The first-order valence-corrected chi connectivity index (χ1v) is 15.9. The summed E-state index contributed by atoms with van der Waals surface area (Å²) in [6.45, 7) is 0.677. The smallest absolute Gasteiger partial charge is 0.227 e. The predicted octanol–water partition coefficient (Wildman–Crippen LogP) is 8.53. The van der Waals surface area contributed by atoms with Gasteiger partial charge >= 0.3 is 0 Å². The van der Waals surface area contributed by atoms with Gasteiger partial charge in [0.1, 0.15) is 11.6 Å². The van der Waals surface area contributed by atoms with Gasteiger partial charge in [-0.05, 0) is 63.4 Å². The molecule has 0 atom stereocenters. The highest BCUT2D eigenvalue weighted by Gasteiger charge is 2.22. The van der Waals surface area contributed by atoms with Gasteiger partial charge in [-0.15, -0.1) is 0 Å². The second-order valence-electron chi connectivity index (χ2n) is 11.5. The van der Waals surface area contributed by atoms with E-state index in [2.05, 4.69) is 47.8 Å². The van der Waals surface area contributed by atoms with Crippen LogP contribution in [-0.4, -0.2) is 11.8 Å². The molecule has 0 aliphatic heterocycles. The predicted molar refractivity (Wildman–Crippen MR) is 189 cm³/mol. The van der Waals surface area contributed by atoms with Crippen molar-refractivity contribution < 1.29 is 18.7 Å². The number of nitrogens with one attached hydrogen (secondary N) is 1. The number of rotatable bonds is 12. The molecule has 0 aliphatic rings. The van der Waals surface area contributed by atoms with Crippen molar-refractivity contribution in [3.8, 4) is 22.6 Å². The maximum absolute atomic E-state index is 14.1. The highest BCUT2D eigenvalue weighted by atomic mass is 19.1. The third-order valence-corrected chi connectivity index (χ3v) is 8.21. The number of amides is 2. The monoisotopic (exact) mass is 637 g/mol. The minimum Gasteiger partial charge on any atom is -0.455 e. The van der Waals surface area contributed by atoms with E-state index in [1.807, 2.05) is 72.8 Å². The van der Waals surface area contributed by atoms with Crippen LogP contribution in [0.4, 0.5) is 10.1 Å². The SMILES string of the molecule is NCc1cccc(Oc2ccccc2N(Cc2ccc(-c3cccc4ccccc34)cc2)C(=O)CCC(=O)NCc2ccccc2F)c1. The van der Waals surface area contributed by atoms with Gasteiger partial charge in [-0.2, -0.15) is 0 Å². The molecule has 0 radical (unpaired) electrons. The van der Waals surface area contributed by atoms with Crippen LogP contribution in [0.1, 0.15) is 29.5 Å². The number of nitrogens with zero attached hydrogens (tertiary/aromatic N) is 1. The van der Waals surface area contributed by atoms with Crippen LogP contribution in [-0.2, 0) is 29.2 Å². The first-order chi connectivity index (χ1) is 23.5. The quantitative estimate of drug-likeness (QED) is 0.141. The largest absolute Gasteiger partial charge is 0.455 e. The number of hydrogen-bond donors (Lipinski definition) is 2. The van der Waals surface area contributed by atoms with Crippen LogP contribution in [0.2, 0.25) is 0 Å². The molecule has 48 heavy (non-hydrogen) atoms. The summed E-state index contributed by atoms with van der Waals surface area (Å²) in [6.07, 6.45) is -0.0977. The minimum atomic E-state index is -0.389. The second kappa shape index (κ2) is 15.2. The van der Waals surface area contributed by atoms with E-state index in [4.69, 9.17) is 10.5 Å². The van der Waals surface area contributed by atoms with Gasteiger partial charge in [0.15, 0.2) is 5.75 Å². The average molecular weight is 638 g/mol. The third kappa shape index (κ3) is 7.77. The summed E-state index contributed by atoms with van der Waals surface area (Å²) in [7, 11) is 0. The van der Waals surface area contributed by atoms with Crippen LogP contribution in [0.3, 0.4) is 0 Å². The summed E-state index contributed by atoms with van der Waals surface area (Å²) >= 11 is 0. The lowest BCUT2D eigenvalue weighted by atomic mass is 9.97. The Kier molecular flexibility index (Phi) is 10.2. The molecule has 6 aromatic rings. The topological polar surface area (TPSA) is 84.7 Å². The van der Waals surface area contributed by atoms with E-state index in [1.165, 1.54) is 16.8 Å². The number of ether oxygens (including phenoxy) is 1. The van der Waals surface area contributed by atoms with Gasteiger partial charge in [-0.3, -0.25) is 9.59 Å². The minimum absolute atomic E-state index is 0.0466. The maximum Gasteiger partial charge on any atom is 0.227 e. The number of para-hydroxylation sites is 2. The molecule has 6 nitrogen and oxygen atoms in total. The molecule has 0 spiro atoms. The molecule has 0 aliphatic carbocycles. The van der Waals surface area contributed by atoms with Crippen molar-refractivity contribution in [2.75, 3.05) is 4.90 Å². The van der Waals surface area contributed by atoms with E-state index in [0.29, 0.717) is 29.3 Å². The molecular weight excluding hydrogens is 601 g/mol. The number of carbonyl (C=O) groups is 2. The van der Waals surface area contributed by atoms with Crippen LogP contribution in [0.5, 0.6) is 11.5 Å². The normalized spacial score (nSPS) is 10.9. The van der Waals surface area contributed by atoms with Gasteiger partial charge in [-0.1, -0.05) is 109 Å². The van der Waals surface area contributed by atoms with Crippen LogP contribution in [0.25, 0.3) is 21.9 Å². The summed E-state index contributed by atoms with van der Waals surface area (Å²) in [5.41, 5.74) is 10.8. The number of halogens is 1. The molecule has 0 saturated heterocycles. The number of nitrogens with two attached hydrogens (primary N) is 1. The molecular formula is C41H36FN3O3. The Morgan fingerprint density at radius 1 is 0.729 bits per heavy atom. The van der Waals surface area contributed by atoms with Crippen LogP contribution in [0.15, 0.2) is 140 Å². The first kappa shape index (κ1) is 32.2. The Balaban J connectivity index is 1.24. The van der Waals surface area contributed by atoms with E-state index >= 15 is 0 Å². The summed E-state index contributed by atoms with van der Waals surface area (Å²) in [6, 6.07) is 43.9. The zero-order valence-corrected chi connectivity index (χ0v) is 26.4. The Hall–Kier alpha value is -5.79. The Morgan fingerprint density at radius 2 is 1.46 bits per heavy atom. The van der Waals surface area contributed by atoms with Gasteiger partial charge < -0.3 is 20.7 Å². The Morgan fingerprint density at radius 3 is 2.29 bits per heavy atom. The fraction of sp³-hybridized carbons (Fsp3) is 0.122. The van der Waals surface area contributed by atoms with Crippen molar-refractivity contribution >= 4 is 28.3 Å². The van der Waals surface area contributed by atoms with Crippen molar-refractivity contribution in [2.24, 2.45) is 5.73 Å². The molecule has 0 heterocycles. The molecule has 240 valence electrons. The molecule has 2 amide bonds. The van der Waals surface area contributed by atoms with Crippen LogP contribution < -0.4 is 20.7 Å². The van der Waals surface area contributed by atoms with Crippen molar-refractivity contribution in [3.63, 3.8) is 0 Å². The summed E-state index contributed by atoms with van der Waals surface area (Å²) < 4.78 is 20.4. The van der Waals surface area contributed by atoms with Gasteiger partial charge in [0.05, 0.1) is 12.2 Å². The number of anilines is 1. The highest BCUT2D eigenvalue weighted by molar-refractivity contribution is 5.98. The molecule has 0 fully saturated rings. The molecule has 0 unspecified atom stereocenters. The molecule has 0 bridgehead atoms. The summed E-state index contributed by atoms with van der Waals surface area (Å²) in [5.74, 6) is 0.122. The maximum atomic E-state index is 14.1. The lowest BCUT2D eigenvalue weighted by Crippen LogP contribution is -2.32. The Labute approximate surface area is 279 Å². The number of carbonyl (C=O) groups excluding carboxylic acids is 2. The van der Waals surface area contributed by atoms with Gasteiger partial charge in [0, 0.05) is 31.5 Å². The molecule has 6 rings (SSSR count). The van der Waals surface area contributed by atoms with E-state index in [1.54, 1.807) is 23.1 Å². The second-order valence-corrected chi connectivity index (χ2v) is 11.5. The highest BCUT2D eigenvalue weighted by Crippen LogP contribution is 2.35. The van der Waals surface area contributed by atoms with Gasteiger partial charge in [0.2, 0.25) is 11.8 Å². The van der Waals surface area contributed by atoms with Gasteiger partial charge in [-0.25, -0.2) is 4.39 Å². The van der Waals surface area contributed by atoms with Crippen LogP contribution in [0, 0.1) is 5.82 Å². The third-order valence-electron chi connectivity index (χ3n) is 8.21. The molecule has 3 N–H and O–H groups in total. The average Bonchev–Trinajstić information content (AvgIpc) is 3.13. The van der Waals surface area contributed by atoms with Crippen molar-refractivity contribution in [1.29, 1.82) is 0 Å². The number of benzene rings is 6. The molecule has 7 heteroatoms. The molecule has 0 saturated carbocycles. The zero-order valence-electron chi connectivity index (χ0n) is 26.4. The molecule has 0 aromatic heterocycles. The Bertz CT molecular complexity index is 2040. The van der Waals surface area contributed by atoms with E-state index in [0.717, 1.165) is 22.3 Å². The van der Waals surface area contributed by atoms with E-state index < -0.39 is 0 Å². The standard InChI is InChI=1S/C41H36FN3O3/c42-37-16-4-2-11-33(37)27-44-40(46)23-24-41(47)45(38-17-5-6-18-39(38)48-34-13-7-9-30(25-34)26-43)28-29-19-21-32(22-20-29)36-15-8-12-31-10-1-3-14-35(31)36/h1-22,25H,23-24,26-28,43H2,(H,44,46). The number of hydrogen-bond acceptors (Lipinski definition) is 4. The zero-order chi connectivity index (χ0) is 33.3. The van der Waals surface area contributed by atoms with Crippen molar-refractivity contribution in [2.45, 2.75) is 32.5 Å². The first-order valence-electron chi connectivity index (χ1n) is 15.9. The van der Waals surface area contributed by atoms with Crippen molar-refractivity contribution in [3.05, 3.63) is 162 Å². The number of fused-ring (bicyclic) bond motifs is 1. The molecule has 6 aromatic carbocycles. The lowest BCUT2D eigenvalue weighted by Gasteiger charge is -2.25. The van der Waals surface area contributed by atoms with E-state index in [9.17, 15) is 14.0 Å². The lowest BCUT2D eigenvalue weighted by molar-refractivity contribution is -0.125. The fourth-order valence-corrected chi connectivity index (χ4v) is 5.67. The fourth-order valence-electron chi connectivity index (χ4n) is 5.67. The van der Waals surface area contributed by atoms with E-state index in [-0.39, 0.29) is 43.6 Å². The summed E-state index contributed by atoms with van der Waals surface area (Å²) in [4.78, 5) is 28.3. The van der Waals surface area contributed by atoms with Crippen LogP contribution >= 0.6 is 0 Å². The summed E-state index contributed by atoms with van der Waals surface area (Å²) in [5, 5.41) is 5.07. The van der Waals surface area contributed by atoms with Crippen molar-refractivity contribution in [1.82, 2.24) is 5.32 Å². The van der Waals surface area contributed by atoms with Gasteiger partial charge in [0.25, 0.3) is 0 Å².